The Labute approximate surface area is 141 Å². The number of rotatable bonds is 5. The van der Waals surface area contributed by atoms with Crippen LogP contribution in [0.2, 0.25) is 5.02 Å². The van der Waals surface area contributed by atoms with Crippen molar-refractivity contribution in [2.24, 2.45) is 11.8 Å². The van der Waals surface area contributed by atoms with Gasteiger partial charge in [-0.1, -0.05) is 62.1 Å². The first-order chi connectivity index (χ1) is 10.8. The van der Waals surface area contributed by atoms with Crippen molar-refractivity contribution in [3.8, 4) is 11.8 Å². The Balaban J connectivity index is 1.71. The highest BCUT2D eigenvalue weighted by Crippen LogP contribution is 2.32. The molecule has 0 unspecified atom stereocenters. The number of unbranched alkanes of at least 4 members (excludes halogenated alkanes) is 2. The molecule has 118 valence electrons. The van der Waals surface area contributed by atoms with E-state index in [9.17, 15) is 0 Å². The highest BCUT2D eigenvalue weighted by atomic mass is 35.5. The van der Waals surface area contributed by atoms with Crippen LogP contribution in [0.3, 0.4) is 0 Å². The van der Waals surface area contributed by atoms with Gasteiger partial charge in [-0.05, 0) is 67.9 Å². The summed E-state index contributed by atoms with van der Waals surface area (Å²) in [5, 5.41) is 0.761. The molecule has 0 aromatic heterocycles. The summed E-state index contributed by atoms with van der Waals surface area (Å²) in [4.78, 5) is 0. The molecule has 0 heterocycles. The normalized spacial score (nSPS) is 21.5. The van der Waals surface area contributed by atoms with Crippen LogP contribution in [-0.2, 0) is 0 Å². The van der Waals surface area contributed by atoms with Crippen molar-refractivity contribution in [2.75, 3.05) is 0 Å². The van der Waals surface area contributed by atoms with Crippen LogP contribution < -0.4 is 0 Å². The molecule has 0 atom stereocenters. The smallest absolute Gasteiger partial charge is 0.0406 e. The van der Waals surface area contributed by atoms with Gasteiger partial charge in [-0.25, -0.2) is 0 Å². The molecule has 0 bridgehead atoms. The Hall–Kier alpha value is -1.19. The van der Waals surface area contributed by atoms with E-state index in [1.165, 1.54) is 51.4 Å². The standard InChI is InChI=1S/C21H27Cl/c1-2-3-4-7-18-10-12-19(13-11-18)8-5-6-9-20-14-16-21(22)17-15-20/h5,8,14-19H,2-4,7,10-13H2,1H3/t18-,19-. The second-order valence-electron chi connectivity index (χ2n) is 6.41. The second-order valence-corrected chi connectivity index (χ2v) is 6.85. The lowest BCUT2D eigenvalue weighted by Crippen LogP contribution is -2.12. The molecule has 0 saturated heterocycles. The lowest BCUT2D eigenvalue weighted by molar-refractivity contribution is 0.289. The Kier molecular flexibility index (Phi) is 7.61. The molecule has 1 aromatic carbocycles. The zero-order valence-corrected chi connectivity index (χ0v) is 14.4. The lowest BCUT2D eigenvalue weighted by atomic mass is 9.79. The first-order valence-electron chi connectivity index (χ1n) is 8.71. The van der Waals surface area contributed by atoms with Crippen LogP contribution in [0.4, 0.5) is 0 Å². The largest absolute Gasteiger partial charge is 0.0843 e. The fourth-order valence-electron chi connectivity index (χ4n) is 3.19. The predicted octanol–water partition coefficient (Wildman–Crippen LogP) is 6.63. The molecule has 1 heteroatoms. The number of allylic oxidation sites excluding steroid dienone is 2. The van der Waals surface area contributed by atoms with E-state index in [0.717, 1.165) is 22.4 Å². The fraction of sp³-hybridized carbons (Fsp3) is 0.524. The molecule has 0 aliphatic heterocycles. The monoisotopic (exact) mass is 314 g/mol. The number of hydrogen-bond acceptors (Lipinski definition) is 0. The fourth-order valence-corrected chi connectivity index (χ4v) is 3.32. The van der Waals surface area contributed by atoms with E-state index in [4.69, 9.17) is 11.6 Å². The van der Waals surface area contributed by atoms with Crippen LogP contribution >= 0.6 is 11.6 Å². The maximum absolute atomic E-state index is 5.86. The van der Waals surface area contributed by atoms with Crippen LogP contribution in [0.5, 0.6) is 0 Å². The number of hydrogen-bond donors (Lipinski definition) is 0. The zero-order valence-electron chi connectivity index (χ0n) is 13.7. The Morgan fingerprint density at radius 2 is 1.82 bits per heavy atom. The molecule has 0 spiro atoms. The van der Waals surface area contributed by atoms with E-state index < -0.39 is 0 Å². The first kappa shape index (κ1) is 17.2. The SMILES string of the molecule is CCCCC[C@H]1CC[C@H](C=CC#Cc2ccc(Cl)cc2)CC1. The summed E-state index contributed by atoms with van der Waals surface area (Å²) in [5.74, 6) is 8.03. The number of halogens is 1. The quantitative estimate of drug-likeness (QED) is 0.422. The Morgan fingerprint density at radius 1 is 1.09 bits per heavy atom. The molecule has 1 aromatic rings. The highest BCUT2D eigenvalue weighted by Gasteiger charge is 2.18. The van der Waals surface area contributed by atoms with Crippen molar-refractivity contribution in [1.29, 1.82) is 0 Å². The van der Waals surface area contributed by atoms with Crippen LogP contribution in [0.1, 0.15) is 63.9 Å². The van der Waals surface area contributed by atoms with Crippen molar-refractivity contribution >= 4 is 11.6 Å². The number of benzene rings is 1. The van der Waals surface area contributed by atoms with E-state index in [0.29, 0.717) is 0 Å². The third-order valence-corrected chi connectivity index (χ3v) is 4.87. The summed E-state index contributed by atoms with van der Waals surface area (Å²) < 4.78 is 0. The van der Waals surface area contributed by atoms with Gasteiger partial charge in [-0.3, -0.25) is 0 Å². The molecule has 1 aliphatic carbocycles. The van der Waals surface area contributed by atoms with E-state index in [1.54, 1.807) is 0 Å². The molecular weight excluding hydrogens is 288 g/mol. The minimum atomic E-state index is 0.738. The summed E-state index contributed by atoms with van der Waals surface area (Å²) in [7, 11) is 0. The third kappa shape index (κ3) is 6.29. The lowest BCUT2D eigenvalue weighted by Gasteiger charge is -2.26. The van der Waals surface area contributed by atoms with E-state index in [2.05, 4.69) is 24.8 Å². The van der Waals surface area contributed by atoms with Crippen LogP contribution in [-0.4, -0.2) is 0 Å². The van der Waals surface area contributed by atoms with Gasteiger partial charge in [0, 0.05) is 10.6 Å². The van der Waals surface area contributed by atoms with E-state index in [-0.39, 0.29) is 0 Å². The first-order valence-corrected chi connectivity index (χ1v) is 9.09. The Bertz CT molecular complexity index is 507. The van der Waals surface area contributed by atoms with Crippen molar-refractivity contribution in [3.05, 3.63) is 47.0 Å². The topological polar surface area (TPSA) is 0 Å². The molecule has 0 N–H and O–H groups in total. The van der Waals surface area contributed by atoms with Crippen LogP contribution in [0, 0.1) is 23.7 Å². The molecule has 1 fully saturated rings. The summed E-state index contributed by atoms with van der Waals surface area (Å²) in [6.45, 7) is 2.28. The van der Waals surface area contributed by atoms with Crippen molar-refractivity contribution in [1.82, 2.24) is 0 Å². The molecule has 0 amide bonds. The second kappa shape index (κ2) is 9.75. The Morgan fingerprint density at radius 3 is 2.50 bits per heavy atom. The molecule has 2 rings (SSSR count). The molecule has 0 radical (unpaired) electrons. The van der Waals surface area contributed by atoms with Gasteiger partial charge < -0.3 is 0 Å². The summed E-state index contributed by atoms with van der Waals surface area (Å²) in [5.41, 5.74) is 1.02. The van der Waals surface area contributed by atoms with Crippen molar-refractivity contribution in [3.63, 3.8) is 0 Å². The average Bonchev–Trinajstić information content (AvgIpc) is 2.55. The van der Waals surface area contributed by atoms with E-state index in [1.807, 2.05) is 30.3 Å². The van der Waals surface area contributed by atoms with Gasteiger partial charge in [-0.2, -0.15) is 0 Å². The molecule has 1 saturated carbocycles. The van der Waals surface area contributed by atoms with Gasteiger partial charge in [0.2, 0.25) is 0 Å². The van der Waals surface area contributed by atoms with Gasteiger partial charge in [-0.15, -0.1) is 0 Å². The summed E-state index contributed by atoms with van der Waals surface area (Å²) in [6.07, 6.45) is 15.5. The van der Waals surface area contributed by atoms with Gasteiger partial charge in [0.05, 0.1) is 0 Å². The van der Waals surface area contributed by atoms with Crippen LogP contribution in [0.15, 0.2) is 36.4 Å². The average molecular weight is 315 g/mol. The summed E-state index contributed by atoms with van der Waals surface area (Å²) >= 11 is 5.86. The van der Waals surface area contributed by atoms with Gasteiger partial charge >= 0.3 is 0 Å². The molecule has 1 aliphatic rings. The maximum Gasteiger partial charge on any atom is 0.0406 e. The highest BCUT2D eigenvalue weighted by molar-refractivity contribution is 6.30. The van der Waals surface area contributed by atoms with Gasteiger partial charge in [0.15, 0.2) is 0 Å². The molecule has 22 heavy (non-hydrogen) atoms. The van der Waals surface area contributed by atoms with Crippen molar-refractivity contribution < 1.29 is 0 Å². The van der Waals surface area contributed by atoms with Gasteiger partial charge in [0.1, 0.15) is 0 Å². The maximum atomic E-state index is 5.86. The predicted molar refractivity (Wildman–Crippen MR) is 97.1 cm³/mol. The third-order valence-electron chi connectivity index (χ3n) is 4.62. The minimum absolute atomic E-state index is 0.738. The zero-order chi connectivity index (χ0) is 15.6. The van der Waals surface area contributed by atoms with Crippen molar-refractivity contribution in [2.45, 2.75) is 58.3 Å². The van der Waals surface area contributed by atoms with Crippen LogP contribution in [0.25, 0.3) is 0 Å². The summed E-state index contributed by atoms with van der Waals surface area (Å²) in [6, 6.07) is 7.69. The van der Waals surface area contributed by atoms with E-state index >= 15 is 0 Å². The molecule has 0 nitrogen and oxygen atoms in total. The minimum Gasteiger partial charge on any atom is -0.0843 e. The van der Waals surface area contributed by atoms with Gasteiger partial charge in [0.25, 0.3) is 0 Å². The molecular formula is C21H27Cl.